The van der Waals surface area contributed by atoms with Crippen LogP contribution in [0.1, 0.15) is 36.9 Å². The Morgan fingerprint density at radius 1 is 1.27 bits per heavy atom. The first-order valence-electron chi connectivity index (χ1n) is 8.61. The number of rotatable bonds is 10. The lowest BCUT2D eigenvalue weighted by Crippen LogP contribution is -2.21. The number of benzene rings is 2. The Balaban J connectivity index is 2.13. The van der Waals surface area contributed by atoms with Crippen molar-refractivity contribution in [3.05, 3.63) is 58.6 Å². The van der Waals surface area contributed by atoms with Crippen LogP contribution in [0.4, 0.5) is 0 Å². The van der Waals surface area contributed by atoms with E-state index in [4.69, 9.17) is 26.8 Å². The molecule has 0 radical (unpaired) electrons. The van der Waals surface area contributed by atoms with Gasteiger partial charge in [0.15, 0.2) is 18.1 Å². The summed E-state index contributed by atoms with van der Waals surface area (Å²) in [5, 5.41) is 3.96. The van der Waals surface area contributed by atoms with E-state index in [9.17, 15) is 4.79 Å². The number of methoxy groups -OCH3 is 1. The summed E-state index contributed by atoms with van der Waals surface area (Å²) in [6.07, 6.45) is 2.12. The molecule has 0 aliphatic heterocycles. The average Bonchev–Trinajstić information content (AvgIpc) is 2.64. The van der Waals surface area contributed by atoms with Crippen LogP contribution in [0.3, 0.4) is 0 Å². The molecule has 3 N–H and O–H groups in total. The van der Waals surface area contributed by atoms with E-state index in [1.807, 2.05) is 24.3 Å². The highest BCUT2D eigenvalue weighted by molar-refractivity contribution is 6.32. The van der Waals surface area contributed by atoms with Gasteiger partial charge in [0.2, 0.25) is 0 Å². The van der Waals surface area contributed by atoms with Crippen LogP contribution in [0.5, 0.6) is 11.5 Å². The summed E-state index contributed by atoms with van der Waals surface area (Å²) in [5.41, 5.74) is 7.34. The van der Waals surface area contributed by atoms with Crippen LogP contribution in [-0.4, -0.2) is 19.6 Å². The molecule has 0 saturated carbocycles. The first-order chi connectivity index (χ1) is 12.5. The van der Waals surface area contributed by atoms with Gasteiger partial charge in [-0.1, -0.05) is 55.3 Å². The van der Waals surface area contributed by atoms with E-state index < -0.39 is 5.91 Å². The van der Waals surface area contributed by atoms with Crippen molar-refractivity contribution >= 4 is 17.5 Å². The molecular weight excluding hydrogens is 352 g/mol. The van der Waals surface area contributed by atoms with Gasteiger partial charge in [0.05, 0.1) is 12.1 Å². The normalized spacial score (nSPS) is 11.8. The second-order valence-corrected chi connectivity index (χ2v) is 6.40. The molecule has 1 amide bonds. The number of carbonyl (C=O) groups is 1. The predicted molar refractivity (Wildman–Crippen MR) is 104 cm³/mol. The second-order valence-electron chi connectivity index (χ2n) is 6.00. The number of primary amides is 1. The summed E-state index contributed by atoms with van der Waals surface area (Å²) in [4.78, 5) is 10.9. The molecule has 0 saturated heterocycles. The van der Waals surface area contributed by atoms with Gasteiger partial charge in [0, 0.05) is 12.6 Å². The Bertz CT molecular complexity index is 722. The third kappa shape index (κ3) is 5.64. The quantitative estimate of drug-likeness (QED) is 0.660. The largest absolute Gasteiger partial charge is 0.493 e. The molecule has 0 aromatic heterocycles. The number of hydrogen-bond acceptors (Lipinski definition) is 4. The topological polar surface area (TPSA) is 73.6 Å². The number of ether oxygens (including phenoxy) is 2. The summed E-state index contributed by atoms with van der Waals surface area (Å²) >= 11 is 6.31. The minimum Gasteiger partial charge on any atom is -0.493 e. The molecule has 2 aromatic rings. The summed E-state index contributed by atoms with van der Waals surface area (Å²) in [5.74, 6) is 0.228. The highest BCUT2D eigenvalue weighted by Crippen LogP contribution is 2.36. The summed E-state index contributed by atoms with van der Waals surface area (Å²) in [6, 6.07) is 14.3. The van der Waals surface area contributed by atoms with E-state index in [2.05, 4.69) is 24.4 Å². The highest BCUT2D eigenvalue weighted by Gasteiger charge is 2.15. The van der Waals surface area contributed by atoms with Gasteiger partial charge in [-0.05, 0) is 29.7 Å². The van der Waals surface area contributed by atoms with Crippen molar-refractivity contribution in [1.82, 2.24) is 5.32 Å². The fourth-order valence-electron chi connectivity index (χ4n) is 2.76. The average molecular weight is 377 g/mol. The minimum absolute atomic E-state index is 0.250. The van der Waals surface area contributed by atoms with Crippen LogP contribution in [0.15, 0.2) is 42.5 Å². The van der Waals surface area contributed by atoms with Crippen LogP contribution >= 0.6 is 11.6 Å². The van der Waals surface area contributed by atoms with Gasteiger partial charge in [0.25, 0.3) is 5.91 Å². The monoisotopic (exact) mass is 376 g/mol. The third-order valence-corrected chi connectivity index (χ3v) is 4.26. The maximum atomic E-state index is 10.9. The van der Waals surface area contributed by atoms with E-state index in [1.54, 1.807) is 6.07 Å². The van der Waals surface area contributed by atoms with Crippen LogP contribution in [-0.2, 0) is 11.3 Å². The van der Waals surface area contributed by atoms with Gasteiger partial charge in [-0.3, -0.25) is 4.79 Å². The number of halogens is 1. The molecule has 0 spiro atoms. The van der Waals surface area contributed by atoms with Crippen molar-refractivity contribution in [1.29, 1.82) is 0 Å². The van der Waals surface area contributed by atoms with Crippen molar-refractivity contribution in [2.45, 2.75) is 32.4 Å². The van der Waals surface area contributed by atoms with Crippen LogP contribution in [0.2, 0.25) is 5.02 Å². The number of nitrogens with one attached hydrogen (secondary N) is 1. The fraction of sp³-hybridized carbons (Fsp3) is 0.350. The van der Waals surface area contributed by atoms with E-state index >= 15 is 0 Å². The Labute approximate surface area is 159 Å². The van der Waals surface area contributed by atoms with Gasteiger partial charge < -0.3 is 20.5 Å². The second kappa shape index (κ2) is 10.0. The molecule has 0 bridgehead atoms. The van der Waals surface area contributed by atoms with Crippen molar-refractivity contribution in [2.24, 2.45) is 5.73 Å². The Kier molecular flexibility index (Phi) is 7.75. The zero-order valence-electron chi connectivity index (χ0n) is 15.1. The van der Waals surface area contributed by atoms with Crippen LogP contribution in [0, 0.1) is 0 Å². The number of carbonyl (C=O) groups excluding carboxylic acids is 1. The van der Waals surface area contributed by atoms with E-state index in [-0.39, 0.29) is 12.6 Å². The number of hydrogen-bond donors (Lipinski definition) is 2. The minimum atomic E-state index is -0.570. The van der Waals surface area contributed by atoms with E-state index in [1.165, 1.54) is 12.7 Å². The number of nitrogens with two attached hydrogens (primary N) is 1. The van der Waals surface area contributed by atoms with Gasteiger partial charge in [-0.15, -0.1) is 0 Å². The first kappa shape index (κ1) is 20.1. The molecule has 0 aliphatic rings. The molecule has 6 heteroatoms. The number of amides is 1. The maximum Gasteiger partial charge on any atom is 0.255 e. The standard InChI is InChI=1S/C20H25ClN2O3/c1-3-7-17(15-8-5-4-6-9-15)23-12-14-10-16(21)20(18(11-14)25-2)26-13-19(22)24/h4-6,8-11,17,23H,3,7,12-13H2,1-2H3,(H2,22,24). The predicted octanol–water partition coefficient (Wildman–Crippen LogP) is 3.84. The van der Waals surface area contributed by atoms with E-state index in [0.717, 1.165) is 18.4 Å². The van der Waals surface area contributed by atoms with Gasteiger partial charge in [-0.25, -0.2) is 0 Å². The van der Waals surface area contributed by atoms with Gasteiger partial charge in [-0.2, -0.15) is 0 Å². The first-order valence-corrected chi connectivity index (χ1v) is 8.98. The Hall–Kier alpha value is -2.24. The molecule has 26 heavy (non-hydrogen) atoms. The van der Waals surface area contributed by atoms with Crippen molar-refractivity contribution < 1.29 is 14.3 Å². The lowest BCUT2D eigenvalue weighted by molar-refractivity contribution is -0.119. The molecule has 2 aromatic carbocycles. The zero-order chi connectivity index (χ0) is 18.9. The Morgan fingerprint density at radius 2 is 2.00 bits per heavy atom. The molecule has 1 unspecified atom stereocenters. The Morgan fingerprint density at radius 3 is 2.62 bits per heavy atom. The van der Waals surface area contributed by atoms with Crippen molar-refractivity contribution in [2.75, 3.05) is 13.7 Å². The molecule has 2 rings (SSSR count). The molecule has 0 fully saturated rings. The summed E-state index contributed by atoms with van der Waals surface area (Å²) < 4.78 is 10.7. The zero-order valence-corrected chi connectivity index (χ0v) is 15.9. The van der Waals surface area contributed by atoms with Crippen LogP contribution < -0.4 is 20.5 Å². The van der Waals surface area contributed by atoms with Crippen molar-refractivity contribution in [3.8, 4) is 11.5 Å². The lowest BCUT2D eigenvalue weighted by atomic mass is 10.0. The van der Waals surface area contributed by atoms with Gasteiger partial charge in [0.1, 0.15) is 0 Å². The van der Waals surface area contributed by atoms with Gasteiger partial charge >= 0.3 is 0 Å². The summed E-state index contributed by atoms with van der Waals surface area (Å²) in [7, 11) is 1.53. The van der Waals surface area contributed by atoms with Crippen LogP contribution in [0.25, 0.3) is 0 Å². The fourth-order valence-corrected chi connectivity index (χ4v) is 3.05. The maximum absolute atomic E-state index is 10.9. The molecule has 0 heterocycles. The van der Waals surface area contributed by atoms with E-state index in [0.29, 0.717) is 23.1 Å². The lowest BCUT2D eigenvalue weighted by Gasteiger charge is -2.20. The molecule has 5 nitrogen and oxygen atoms in total. The molecule has 0 aliphatic carbocycles. The third-order valence-electron chi connectivity index (χ3n) is 3.98. The molecular formula is C20H25ClN2O3. The highest BCUT2D eigenvalue weighted by atomic mass is 35.5. The SMILES string of the molecule is CCCC(NCc1cc(Cl)c(OCC(N)=O)c(OC)c1)c1ccccc1. The van der Waals surface area contributed by atoms with Crippen molar-refractivity contribution in [3.63, 3.8) is 0 Å². The molecule has 1 atom stereocenters. The molecule has 140 valence electrons. The smallest absolute Gasteiger partial charge is 0.255 e. The summed E-state index contributed by atoms with van der Waals surface area (Å²) in [6.45, 7) is 2.55.